The summed E-state index contributed by atoms with van der Waals surface area (Å²) in [6.07, 6.45) is 6.60. The fourth-order valence-corrected chi connectivity index (χ4v) is 4.95. The molecule has 0 radical (unpaired) electrons. The zero-order valence-electron chi connectivity index (χ0n) is 15.3. The van der Waals surface area contributed by atoms with Gasteiger partial charge in [0.2, 0.25) is 0 Å². The lowest BCUT2D eigenvalue weighted by Crippen LogP contribution is -2.21. The Bertz CT molecular complexity index is 1200. The van der Waals surface area contributed by atoms with E-state index in [4.69, 9.17) is 4.74 Å². The van der Waals surface area contributed by atoms with Gasteiger partial charge in [0, 0.05) is 16.6 Å². The molecule has 0 aliphatic heterocycles. The molecule has 0 N–H and O–H groups in total. The van der Waals surface area contributed by atoms with Crippen LogP contribution in [0.4, 0.5) is 0 Å². The summed E-state index contributed by atoms with van der Waals surface area (Å²) >= 11 is 1.67. The van der Waals surface area contributed by atoms with Gasteiger partial charge in [-0.2, -0.15) is 0 Å². The van der Waals surface area contributed by atoms with Crippen LogP contribution in [0, 0.1) is 0 Å². The van der Waals surface area contributed by atoms with Crippen molar-refractivity contribution in [3.63, 3.8) is 0 Å². The number of aryl methyl sites for hydroxylation is 2. The fraction of sp³-hybridized carbons (Fsp3) is 0.227. The van der Waals surface area contributed by atoms with Crippen molar-refractivity contribution in [2.45, 2.75) is 32.4 Å². The number of aromatic nitrogens is 3. The maximum Gasteiger partial charge on any atom is 0.262 e. The van der Waals surface area contributed by atoms with Crippen molar-refractivity contribution >= 4 is 21.6 Å². The number of pyridine rings is 1. The summed E-state index contributed by atoms with van der Waals surface area (Å²) < 4.78 is 7.68. The number of ether oxygens (including phenoxy) is 1. The van der Waals surface area contributed by atoms with E-state index in [1.165, 1.54) is 10.4 Å². The second kappa shape index (κ2) is 7.20. The van der Waals surface area contributed by atoms with Crippen LogP contribution in [0.2, 0.25) is 0 Å². The van der Waals surface area contributed by atoms with Gasteiger partial charge in [0.05, 0.1) is 24.0 Å². The van der Waals surface area contributed by atoms with Crippen LogP contribution in [-0.4, -0.2) is 14.5 Å². The number of benzene rings is 1. The molecule has 1 aliphatic carbocycles. The highest BCUT2D eigenvalue weighted by atomic mass is 32.1. The molecule has 6 heteroatoms. The molecule has 5 rings (SSSR count). The Hall–Kier alpha value is -2.99. The van der Waals surface area contributed by atoms with Gasteiger partial charge in [-0.05, 0) is 43.0 Å². The van der Waals surface area contributed by atoms with Crippen LogP contribution in [0.25, 0.3) is 10.2 Å². The average molecular weight is 389 g/mol. The largest absolute Gasteiger partial charge is 0.487 e. The molecule has 140 valence electrons. The van der Waals surface area contributed by atoms with Crippen molar-refractivity contribution < 1.29 is 4.74 Å². The van der Waals surface area contributed by atoms with Crippen LogP contribution < -0.4 is 10.3 Å². The minimum atomic E-state index is 0.0453. The Balaban J connectivity index is 1.45. The van der Waals surface area contributed by atoms with Gasteiger partial charge in [0.1, 0.15) is 17.2 Å². The van der Waals surface area contributed by atoms with Crippen LogP contribution in [0.5, 0.6) is 5.75 Å². The number of thiophene rings is 1. The molecular formula is C22H19N3O2S. The van der Waals surface area contributed by atoms with Crippen molar-refractivity contribution in [3.8, 4) is 5.75 Å². The van der Waals surface area contributed by atoms with E-state index in [-0.39, 0.29) is 5.56 Å². The van der Waals surface area contributed by atoms with E-state index in [1.54, 1.807) is 28.4 Å². The molecule has 28 heavy (non-hydrogen) atoms. The first-order valence-electron chi connectivity index (χ1n) is 9.40. The maximum atomic E-state index is 13.1. The normalized spacial score (nSPS) is 13.0. The second-order valence-corrected chi connectivity index (χ2v) is 8.02. The summed E-state index contributed by atoms with van der Waals surface area (Å²) in [5.74, 6) is 0.760. The van der Waals surface area contributed by atoms with Gasteiger partial charge in [0.25, 0.3) is 5.56 Å². The predicted molar refractivity (Wildman–Crippen MR) is 110 cm³/mol. The zero-order chi connectivity index (χ0) is 18.9. The molecule has 5 nitrogen and oxygen atoms in total. The summed E-state index contributed by atoms with van der Waals surface area (Å²) in [7, 11) is 0. The van der Waals surface area contributed by atoms with Crippen molar-refractivity contribution in [2.24, 2.45) is 0 Å². The van der Waals surface area contributed by atoms with Crippen LogP contribution in [0.1, 0.15) is 28.1 Å². The standard InChI is InChI=1S/C22H19N3O2S/c26-22-20-17-8-5-10-19(17)28-21(20)24-14-25(22)12-15-6-1-2-9-18(15)27-13-16-7-3-4-11-23-16/h1-4,6-7,9,11,14H,5,8,10,12-13H2. The van der Waals surface area contributed by atoms with Gasteiger partial charge in [-0.15, -0.1) is 11.3 Å². The van der Waals surface area contributed by atoms with Gasteiger partial charge in [0.15, 0.2) is 0 Å². The number of hydrogen-bond donors (Lipinski definition) is 0. The van der Waals surface area contributed by atoms with Crippen molar-refractivity contribution in [2.75, 3.05) is 0 Å². The molecule has 0 bridgehead atoms. The van der Waals surface area contributed by atoms with Gasteiger partial charge in [-0.1, -0.05) is 24.3 Å². The smallest absolute Gasteiger partial charge is 0.262 e. The molecule has 4 aromatic rings. The summed E-state index contributed by atoms with van der Waals surface area (Å²) in [5, 5.41) is 0.812. The molecule has 0 atom stereocenters. The first-order valence-corrected chi connectivity index (χ1v) is 10.2. The predicted octanol–water partition coefficient (Wildman–Crippen LogP) is 3.97. The lowest BCUT2D eigenvalue weighted by atomic mass is 10.2. The van der Waals surface area contributed by atoms with E-state index in [2.05, 4.69) is 9.97 Å². The molecule has 0 saturated heterocycles. The third-order valence-electron chi connectivity index (χ3n) is 5.11. The Morgan fingerprint density at radius 1 is 1.07 bits per heavy atom. The minimum absolute atomic E-state index is 0.0453. The van der Waals surface area contributed by atoms with E-state index in [1.807, 2.05) is 42.5 Å². The Morgan fingerprint density at radius 3 is 2.86 bits per heavy atom. The summed E-state index contributed by atoms with van der Waals surface area (Å²) in [5.41, 5.74) is 3.08. The van der Waals surface area contributed by atoms with Crippen molar-refractivity contribution in [1.29, 1.82) is 0 Å². The molecule has 0 saturated carbocycles. The van der Waals surface area contributed by atoms with Gasteiger partial charge < -0.3 is 4.74 Å². The van der Waals surface area contributed by atoms with Crippen LogP contribution in [0.15, 0.2) is 59.8 Å². The van der Waals surface area contributed by atoms with Gasteiger partial charge in [-0.25, -0.2) is 4.98 Å². The quantitative estimate of drug-likeness (QED) is 0.518. The van der Waals surface area contributed by atoms with Crippen LogP contribution in [0.3, 0.4) is 0 Å². The van der Waals surface area contributed by atoms with E-state index >= 15 is 0 Å². The molecule has 0 fully saturated rings. The van der Waals surface area contributed by atoms with Crippen LogP contribution in [-0.2, 0) is 26.0 Å². The van der Waals surface area contributed by atoms with E-state index < -0.39 is 0 Å². The number of fused-ring (bicyclic) bond motifs is 3. The third-order valence-corrected chi connectivity index (χ3v) is 6.31. The maximum absolute atomic E-state index is 13.1. The lowest BCUT2D eigenvalue weighted by molar-refractivity contribution is 0.297. The molecule has 3 aromatic heterocycles. The molecule has 1 aliphatic rings. The molecule has 3 heterocycles. The highest BCUT2D eigenvalue weighted by molar-refractivity contribution is 7.18. The first-order chi connectivity index (χ1) is 13.8. The Labute approximate surface area is 166 Å². The fourth-order valence-electron chi connectivity index (χ4n) is 3.73. The highest BCUT2D eigenvalue weighted by Gasteiger charge is 2.21. The molecule has 0 amide bonds. The number of para-hydroxylation sites is 1. The highest BCUT2D eigenvalue weighted by Crippen LogP contribution is 2.34. The summed E-state index contributed by atoms with van der Waals surface area (Å²) in [6.45, 7) is 0.826. The van der Waals surface area contributed by atoms with E-state index in [0.29, 0.717) is 13.2 Å². The van der Waals surface area contributed by atoms with Crippen molar-refractivity contribution in [3.05, 3.63) is 87.0 Å². The topological polar surface area (TPSA) is 57.0 Å². The summed E-state index contributed by atoms with van der Waals surface area (Å²) in [6, 6.07) is 13.6. The number of nitrogens with zero attached hydrogens (tertiary/aromatic N) is 3. The third kappa shape index (κ3) is 3.10. The minimum Gasteiger partial charge on any atom is -0.487 e. The monoisotopic (exact) mass is 389 g/mol. The Morgan fingerprint density at radius 2 is 1.96 bits per heavy atom. The number of rotatable bonds is 5. The van der Waals surface area contributed by atoms with Crippen molar-refractivity contribution in [1.82, 2.24) is 14.5 Å². The number of hydrogen-bond acceptors (Lipinski definition) is 5. The first kappa shape index (κ1) is 17.1. The van der Waals surface area contributed by atoms with E-state index in [0.717, 1.165) is 46.5 Å². The van der Waals surface area contributed by atoms with Gasteiger partial charge in [-0.3, -0.25) is 14.3 Å². The molecular weight excluding hydrogens is 370 g/mol. The molecule has 0 unspecified atom stereocenters. The molecule has 0 spiro atoms. The van der Waals surface area contributed by atoms with Crippen LogP contribution >= 0.6 is 11.3 Å². The SMILES string of the molecule is O=c1c2c3c(sc2ncn1Cc1ccccc1OCc1ccccn1)CCC3. The van der Waals surface area contributed by atoms with E-state index in [9.17, 15) is 4.79 Å². The average Bonchev–Trinajstić information content (AvgIpc) is 3.31. The lowest BCUT2D eigenvalue weighted by Gasteiger charge is -2.12. The zero-order valence-corrected chi connectivity index (χ0v) is 16.1. The Kier molecular flexibility index (Phi) is 4.41. The second-order valence-electron chi connectivity index (χ2n) is 6.93. The summed E-state index contributed by atoms with van der Waals surface area (Å²) in [4.78, 5) is 24.2. The molecule has 1 aromatic carbocycles. The van der Waals surface area contributed by atoms with Gasteiger partial charge >= 0.3 is 0 Å².